The molecule has 3 N–H and O–H groups in total. The van der Waals surface area contributed by atoms with E-state index in [2.05, 4.69) is 10.1 Å². The first-order valence-corrected chi connectivity index (χ1v) is 6.18. The van der Waals surface area contributed by atoms with Crippen LogP contribution in [0.4, 0.5) is 0 Å². The van der Waals surface area contributed by atoms with E-state index in [1.54, 1.807) is 19.3 Å². The number of nitrogens with two attached hydrogens (primary N) is 1. The molecule has 0 aliphatic carbocycles. The van der Waals surface area contributed by atoms with Crippen LogP contribution in [-0.4, -0.2) is 40.4 Å². The second kappa shape index (κ2) is 6.01. The summed E-state index contributed by atoms with van der Waals surface area (Å²) in [6.45, 7) is 0.389. The van der Waals surface area contributed by atoms with E-state index in [0.29, 0.717) is 18.5 Å². The Balaban J connectivity index is 2.14. The van der Waals surface area contributed by atoms with E-state index in [-0.39, 0.29) is 11.7 Å². The molecule has 2 aromatic rings. The number of amidine groups is 1. The molecule has 6 nitrogen and oxygen atoms in total. The molecule has 0 unspecified atom stereocenters. The second-order valence-corrected chi connectivity index (χ2v) is 4.48. The monoisotopic (exact) mass is 272 g/mol. The molecule has 0 aliphatic rings. The van der Waals surface area contributed by atoms with Crippen molar-refractivity contribution in [3.05, 3.63) is 42.1 Å². The van der Waals surface area contributed by atoms with E-state index in [0.717, 1.165) is 10.9 Å². The molecular weight excluding hydrogens is 256 g/mol. The van der Waals surface area contributed by atoms with Crippen molar-refractivity contribution in [1.29, 1.82) is 0 Å². The number of hydrogen-bond acceptors (Lipinski definition) is 4. The van der Waals surface area contributed by atoms with E-state index < -0.39 is 0 Å². The molecule has 0 atom stereocenters. The molecule has 0 saturated heterocycles. The molecule has 1 heterocycles. The number of aromatic nitrogens is 1. The van der Waals surface area contributed by atoms with Crippen molar-refractivity contribution in [3.63, 3.8) is 0 Å². The predicted molar refractivity (Wildman–Crippen MR) is 76.7 cm³/mol. The van der Waals surface area contributed by atoms with Crippen LogP contribution in [0.2, 0.25) is 0 Å². The van der Waals surface area contributed by atoms with Gasteiger partial charge in [0.05, 0.1) is 5.52 Å². The topological polar surface area (TPSA) is 91.8 Å². The summed E-state index contributed by atoms with van der Waals surface area (Å²) in [4.78, 5) is 18.0. The van der Waals surface area contributed by atoms with Crippen molar-refractivity contribution in [2.45, 2.75) is 6.42 Å². The molecule has 0 bridgehead atoms. The number of amides is 1. The van der Waals surface area contributed by atoms with Crippen molar-refractivity contribution >= 4 is 22.6 Å². The van der Waals surface area contributed by atoms with Gasteiger partial charge in [0.1, 0.15) is 5.84 Å². The quantitative estimate of drug-likeness (QED) is 0.381. The number of rotatable bonds is 4. The molecule has 0 aliphatic heterocycles. The molecule has 6 heteroatoms. The zero-order chi connectivity index (χ0) is 14.5. The molecule has 104 valence electrons. The molecule has 0 fully saturated rings. The summed E-state index contributed by atoms with van der Waals surface area (Å²) in [5.41, 5.74) is 6.83. The summed E-state index contributed by atoms with van der Waals surface area (Å²) < 4.78 is 0. The number of fused-ring (bicyclic) bond motifs is 1. The Bertz CT molecular complexity index is 654. The lowest BCUT2D eigenvalue weighted by Gasteiger charge is -2.16. The van der Waals surface area contributed by atoms with Gasteiger partial charge in [-0.15, -0.1) is 0 Å². The summed E-state index contributed by atoms with van der Waals surface area (Å²) in [5.74, 6) is -0.00569. The average Bonchev–Trinajstić information content (AvgIpc) is 2.50. The zero-order valence-corrected chi connectivity index (χ0v) is 11.2. The van der Waals surface area contributed by atoms with Crippen molar-refractivity contribution in [2.24, 2.45) is 10.9 Å². The number of oxime groups is 1. The molecular formula is C14H16N4O2. The lowest BCUT2D eigenvalue weighted by atomic mass is 10.1. The van der Waals surface area contributed by atoms with Gasteiger partial charge in [-0.05, 0) is 24.3 Å². The van der Waals surface area contributed by atoms with Crippen LogP contribution in [0.15, 0.2) is 41.7 Å². The van der Waals surface area contributed by atoms with Gasteiger partial charge < -0.3 is 15.8 Å². The van der Waals surface area contributed by atoms with Gasteiger partial charge in [-0.3, -0.25) is 9.78 Å². The number of carbonyl (C=O) groups is 1. The zero-order valence-electron chi connectivity index (χ0n) is 11.2. The third-order valence-electron chi connectivity index (χ3n) is 3.03. The fourth-order valence-corrected chi connectivity index (χ4v) is 1.86. The Labute approximate surface area is 116 Å². The lowest BCUT2D eigenvalue weighted by molar-refractivity contribution is 0.0798. The largest absolute Gasteiger partial charge is 0.409 e. The van der Waals surface area contributed by atoms with Gasteiger partial charge in [-0.1, -0.05) is 11.2 Å². The van der Waals surface area contributed by atoms with Gasteiger partial charge >= 0.3 is 0 Å². The average molecular weight is 272 g/mol. The maximum atomic E-state index is 12.3. The summed E-state index contributed by atoms with van der Waals surface area (Å²) in [6.07, 6.45) is 2.04. The lowest BCUT2D eigenvalue weighted by Crippen LogP contribution is -2.30. The Morgan fingerprint density at radius 1 is 1.45 bits per heavy atom. The number of benzene rings is 1. The van der Waals surface area contributed by atoms with Crippen molar-refractivity contribution in [1.82, 2.24) is 9.88 Å². The summed E-state index contributed by atoms with van der Waals surface area (Å²) in [7, 11) is 1.68. The first-order chi connectivity index (χ1) is 9.61. The van der Waals surface area contributed by atoms with Gasteiger partial charge in [-0.25, -0.2) is 0 Å². The normalized spacial score (nSPS) is 11.6. The minimum atomic E-state index is -0.110. The Hall–Kier alpha value is -2.63. The maximum absolute atomic E-state index is 12.3. The van der Waals surface area contributed by atoms with E-state index in [1.165, 1.54) is 4.90 Å². The van der Waals surface area contributed by atoms with E-state index in [9.17, 15) is 4.79 Å². The molecule has 20 heavy (non-hydrogen) atoms. The minimum absolute atomic E-state index is 0.104. The number of carbonyl (C=O) groups excluding carboxylic acids is 1. The highest BCUT2D eigenvalue weighted by atomic mass is 16.4. The van der Waals surface area contributed by atoms with Crippen LogP contribution in [0, 0.1) is 0 Å². The van der Waals surface area contributed by atoms with Crippen molar-refractivity contribution < 1.29 is 10.0 Å². The smallest absolute Gasteiger partial charge is 0.253 e. The molecule has 2 rings (SSSR count). The van der Waals surface area contributed by atoms with Crippen LogP contribution in [0.3, 0.4) is 0 Å². The van der Waals surface area contributed by atoms with Gasteiger partial charge in [0.15, 0.2) is 0 Å². The highest BCUT2D eigenvalue weighted by Crippen LogP contribution is 2.14. The minimum Gasteiger partial charge on any atom is -0.409 e. The first kappa shape index (κ1) is 13.8. The standard InChI is InChI=1S/C14H16N4O2/c1-18(8-6-13(15)17-20)14(19)11-4-5-12-10(9-11)3-2-7-16-12/h2-5,7,9,20H,6,8H2,1H3,(H2,15,17). The van der Waals surface area contributed by atoms with E-state index in [4.69, 9.17) is 10.9 Å². The maximum Gasteiger partial charge on any atom is 0.253 e. The predicted octanol–water partition coefficient (Wildman–Crippen LogP) is 1.44. The Morgan fingerprint density at radius 2 is 2.25 bits per heavy atom. The van der Waals surface area contributed by atoms with Crippen molar-refractivity contribution in [2.75, 3.05) is 13.6 Å². The van der Waals surface area contributed by atoms with Crippen LogP contribution in [0.25, 0.3) is 10.9 Å². The highest BCUT2D eigenvalue weighted by Gasteiger charge is 2.12. The van der Waals surface area contributed by atoms with E-state index in [1.807, 2.05) is 24.3 Å². The first-order valence-electron chi connectivity index (χ1n) is 6.18. The van der Waals surface area contributed by atoms with Crippen LogP contribution in [-0.2, 0) is 0 Å². The van der Waals surface area contributed by atoms with Gasteiger partial charge in [0.2, 0.25) is 0 Å². The van der Waals surface area contributed by atoms with Gasteiger partial charge in [0.25, 0.3) is 5.91 Å². The highest BCUT2D eigenvalue weighted by molar-refractivity contribution is 5.98. The number of hydrogen-bond donors (Lipinski definition) is 2. The molecule has 0 spiro atoms. The summed E-state index contributed by atoms with van der Waals surface area (Å²) in [6, 6.07) is 9.12. The van der Waals surface area contributed by atoms with Crippen LogP contribution < -0.4 is 5.73 Å². The number of nitrogens with zero attached hydrogens (tertiary/aromatic N) is 3. The molecule has 1 amide bonds. The fraction of sp³-hybridized carbons (Fsp3) is 0.214. The van der Waals surface area contributed by atoms with Crippen LogP contribution in [0.1, 0.15) is 16.8 Å². The fourth-order valence-electron chi connectivity index (χ4n) is 1.86. The van der Waals surface area contributed by atoms with E-state index >= 15 is 0 Å². The van der Waals surface area contributed by atoms with Gasteiger partial charge in [-0.2, -0.15) is 0 Å². The third kappa shape index (κ3) is 3.03. The SMILES string of the molecule is CN(CCC(N)=NO)C(=O)c1ccc2ncccc2c1. The van der Waals surface area contributed by atoms with Crippen LogP contribution >= 0.6 is 0 Å². The Kier molecular flexibility index (Phi) is 4.14. The van der Waals surface area contributed by atoms with Crippen molar-refractivity contribution in [3.8, 4) is 0 Å². The third-order valence-corrected chi connectivity index (χ3v) is 3.03. The molecule has 0 radical (unpaired) electrons. The summed E-state index contributed by atoms with van der Waals surface area (Å²) >= 11 is 0. The second-order valence-electron chi connectivity index (χ2n) is 4.48. The molecule has 1 aromatic heterocycles. The number of pyridine rings is 1. The Morgan fingerprint density at radius 3 is 3.00 bits per heavy atom. The molecule has 0 saturated carbocycles. The van der Waals surface area contributed by atoms with Crippen LogP contribution in [0.5, 0.6) is 0 Å². The summed E-state index contributed by atoms with van der Waals surface area (Å²) in [5, 5.41) is 12.3. The molecule has 1 aromatic carbocycles. The van der Waals surface area contributed by atoms with Gasteiger partial charge in [0, 0.05) is 37.2 Å².